The highest BCUT2D eigenvalue weighted by atomic mass is 32.2. The Labute approximate surface area is 187 Å². The van der Waals surface area contributed by atoms with Crippen LogP contribution in [-0.2, 0) is 0 Å². The van der Waals surface area contributed by atoms with Crippen LogP contribution in [0.25, 0.3) is 16.6 Å². The van der Waals surface area contributed by atoms with E-state index in [0.29, 0.717) is 28.1 Å². The number of rotatable bonds is 7. The summed E-state index contributed by atoms with van der Waals surface area (Å²) in [6.45, 7) is 0. The minimum atomic E-state index is -0.587. The van der Waals surface area contributed by atoms with Gasteiger partial charge in [-0.05, 0) is 36.4 Å². The number of nitrogens with zero attached hydrogens (tertiary/aromatic N) is 2. The molecule has 3 aromatic carbocycles. The van der Waals surface area contributed by atoms with E-state index in [2.05, 4.69) is 4.98 Å². The molecule has 0 N–H and O–H groups in total. The van der Waals surface area contributed by atoms with Crippen molar-refractivity contribution in [1.29, 1.82) is 0 Å². The smallest absolute Gasteiger partial charge is 0.266 e. The second kappa shape index (κ2) is 9.23. The number of aromatic nitrogens is 2. The lowest BCUT2D eigenvalue weighted by Crippen LogP contribution is -2.23. The van der Waals surface area contributed by atoms with Crippen molar-refractivity contribution in [2.24, 2.45) is 0 Å². The van der Waals surface area contributed by atoms with Crippen LogP contribution in [0, 0.1) is 5.82 Å². The molecule has 4 rings (SSSR count). The average molecular weight is 450 g/mol. The Morgan fingerprint density at radius 1 is 1.03 bits per heavy atom. The van der Waals surface area contributed by atoms with Gasteiger partial charge in [0, 0.05) is 6.07 Å². The van der Waals surface area contributed by atoms with E-state index in [4.69, 9.17) is 9.47 Å². The van der Waals surface area contributed by atoms with Gasteiger partial charge >= 0.3 is 0 Å². The number of para-hydroxylation sites is 1. The third kappa shape index (κ3) is 4.09. The monoisotopic (exact) mass is 450 g/mol. The SMILES string of the molecule is COc1ccc(OC)c(-n2c(SCC(=O)c3ccccc3F)nc3ccccc3c2=O)c1. The quantitative estimate of drug-likeness (QED) is 0.234. The number of ether oxygens (including phenoxy) is 2. The molecule has 0 bridgehead atoms. The van der Waals surface area contributed by atoms with Gasteiger partial charge in [-0.25, -0.2) is 9.37 Å². The predicted octanol–water partition coefficient (Wildman–Crippen LogP) is 4.52. The standard InChI is InChI=1S/C24H19FN2O4S/c1-30-15-11-12-22(31-2)20(13-15)27-23(29)17-8-4-6-10-19(17)26-24(27)32-14-21(28)16-7-3-5-9-18(16)25/h3-13H,14H2,1-2H3. The second-order valence-electron chi connectivity index (χ2n) is 6.78. The van der Waals surface area contributed by atoms with Gasteiger partial charge in [-0.3, -0.25) is 14.2 Å². The number of methoxy groups -OCH3 is 2. The van der Waals surface area contributed by atoms with E-state index in [0.717, 1.165) is 11.8 Å². The first kappa shape index (κ1) is 21.6. The molecule has 0 saturated carbocycles. The normalized spacial score (nSPS) is 10.8. The fraction of sp³-hybridized carbons (Fsp3) is 0.125. The molecule has 4 aromatic rings. The molecule has 0 unspecified atom stereocenters. The van der Waals surface area contributed by atoms with Gasteiger partial charge in [0.25, 0.3) is 5.56 Å². The lowest BCUT2D eigenvalue weighted by atomic mass is 10.1. The zero-order chi connectivity index (χ0) is 22.7. The van der Waals surface area contributed by atoms with Crippen LogP contribution in [0.3, 0.4) is 0 Å². The first-order chi connectivity index (χ1) is 15.5. The summed E-state index contributed by atoms with van der Waals surface area (Å²) < 4.78 is 26.2. The molecule has 0 aliphatic carbocycles. The fourth-order valence-electron chi connectivity index (χ4n) is 3.29. The summed E-state index contributed by atoms with van der Waals surface area (Å²) in [6, 6.07) is 17.8. The first-order valence-corrected chi connectivity index (χ1v) is 10.7. The number of ketones is 1. The Kier molecular flexibility index (Phi) is 6.23. The Morgan fingerprint density at radius 2 is 1.78 bits per heavy atom. The molecular weight excluding hydrogens is 431 g/mol. The molecule has 0 saturated heterocycles. The van der Waals surface area contributed by atoms with Crippen LogP contribution in [0.15, 0.2) is 76.7 Å². The van der Waals surface area contributed by atoms with Crippen LogP contribution >= 0.6 is 11.8 Å². The molecule has 0 aliphatic rings. The second-order valence-corrected chi connectivity index (χ2v) is 7.72. The minimum Gasteiger partial charge on any atom is -0.497 e. The Hall–Kier alpha value is -3.65. The lowest BCUT2D eigenvalue weighted by molar-refractivity contribution is 0.101. The topological polar surface area (TPSA) is 70.4 Å². The molecular formula is C24H19FN2O4S. The molecule has 0 fully saturated rings. The maximum Gasteiger partial charge on any atom is 0.266 e. The van der Waals surface area contributed by atoms with E-state index < -0.39 is 11.6 Å². The summed E-state index contributed by atoms with van der Waals surface area (Å²) in [5, 5.41) is 0.701. The number of halogens is 1. The third-order valence-corrected chi connectivity index (χ3v) is 5.82. The van der Waals surface area contributed by atoms with Crippen molar-refractivity contribution < 1.29 is 18.7 Å². The van der Waals surface area contributed by atoms with Crippen molar-refractivity contribution in [3.63, 3.8) is 0 Å². The van der Waals surface area contributed by atoms with E-state index in [1.54, 1.807) is 48.5 Å². The predicted molar refractivity (Wildman–Crippen MR) is 122 cm³/mol. The molecule has 8 heteroatoms. The molecule has 162 valence electrons. The largest absolute Gasteiger partial charge is 0.497 e. The number of Topliss-reactive ketones (excluding diaryl/α,β-unsaturated/α-hetero) is 1. The number of hydrogen-bond acceptors (Lipinski definition) is 6. The summed E-state index contributed by atoms with van der Waals surface area (Å²) in [7, 11) is 3.02. The van der Waals surface area contributed by atoms with Crippen molar-refractivity contribution in [1.82, 2.24) is 9.55 Å². The fourth-order valence-corrected chi connectivity index (χ4v) is 4.18. The maximum absolute atomic E-state index is 14.0. The molecule has 0 amide bonds. The van der Waals surface area contributed by atoms with Gasteiger partial charge in [0.15, 0.2) is 10.9 Å². The molecule has 32 heavy (non-hydrogen) atoms. The van der Waals surface area contributed by atoms with E-state index in [-0.39, 0.29) is 22.0 Å². The molecule has 0 spiro atoms. The van der Waals surface area contributed by atoms with Gasteiger partial charge in [0.05, 0.1) is 42.1 Å². The Balaban J connectivity index is 1.85. The minimum absolute atomic E-state index is 0.00588. The lowest BCUT2D eigenvalue weighted by Gasteiger charge is -2.16. The van der Waals surface area contributed by atoms with Gasteiger partial charge < -0.3 is 9.47 Å². The van der Waals surface area contributed by atoms with Crippen molar-refractivity contribution in [3.8, 4) is 17.2 Å². The van der Waals surface area contributed by atoms with Crippen LogP contribution in [0.1, 0.15) is 10.4 Å². The van der Waals surface area contributed by atoms with E-state index in [9.17, 15) is 14.0 Å². The molecule has 0 atom stereocenters. The van der Waals surface area contributed by atoms with E-state index >= 15 is 0 Å². The highest BCUT2D eigenvalue weighted by Crippen LogP contribution is 2.30. The molecule has 1 aromatic heterocycles. The van der Waals surface area contributed by atoms with Crippen molar-refractivity contribution in [2.75, 3.05) is 20.0 Å². The molecule has 0 radical (unpaired) electrons. The zero-order valence-corrected chi connectivity index (χ0v) is 18.2. The number of fused-ring (bicyclic) bond motifs is 1. The summed E-state index contributed by atoms with van der Waals surface area (Å²) in [4.78, 5) is 30.7. The van der Waals surface area contributed by atoms with Crippen molar-refractivity contribution >= 4 is 28.4 Å². The van der Waals surface area contributed by atoms with Crippen LogP contribution in [0.4, 0.5) is 4.39 Å². The van der Waals surface area contributed by atoms with Crippen LogP contribution in [-0.4, -0.2) is 35.3 Å². The Bertz CT molecular complexity index is 1370. The number of benzene rings is 3. The third-order valence-electron chi connectivity index (χ3n) is 4.88. The average Bonchev–Trinajstić information content (AvgIpc) is 2.82. The van der Waals surface area contributed by atoms with E-state index in [1.165, 1.54) is 37.0 Å². The highest BCUT2D eigenvalue weighted by molar-refractivity contribution is 7.99. The number of carbonyl (C=O) groups is 1. The van der Waals surface area contributed by atoms with Gasteiger partial charge in [0.2, 0.25) is 0 Å². The van der Waals surface area contributed by atoms with Crippen LogP contribution in [0.2, 0.25) is 0 Å². The van der Waals surface area contributed by atoms with Gasteiger partial charge in [-0.1, -0.05) is 36.0 Å². The van der Waals surface area contributed by atoms with Gasteiger partial charge in [-0.15, -0.1) is 0 Å². The molecule has 1 heterocycles. The summed E-state index contributed by atoms with van der Waals surface area (Å²) >= 11 is 1.05. The van der Waals surface area contributed by atoms with Crippen molar-refractivity contribution in [2.45, 2.75) is 5.16 Å². The van der Waals surface area contributed by atoms with Crippen LogP contribution in [0.5, 0.6) is 11.5 Å². The van der Waals surface area contributed by atoms with Crippen LogP contribution < -0.4 is 15.0 Å². The number of hydrogen-bond donors (Lipinski definition) is 0. The number of carbonyl (C=O) groups excluding carboxylic acids is 1. The van der Waals surface area contributed by atoms with Crippen molar-refractivity contribution in [3.05, 3.63) is 88.5 Å². The number of thioether (sulfide) groups is 1. The summed E-state index contributed by atoms with van der Waals surface area (Å²) in [6.07, 6.45) is 0. The molecule has 0 aliphatic heterocycles. The van der Waals surface area contributed by atoms with Gasteiger partial charge in [-0.2, -0.15) is 0 Å². The summed E-state index contributed by atoms with van der Waals surface area (Å²) in [5.41, 5.74) is 0.601. The van der Waals surface area contributed by atoms with Gasteiger partial charge in [0.1, 0.15) is 17.3 Å². The van der Waals surface area contributed by atoms with E-state index in [1.807, 2.05) is 0 Å². The zero-order valence-electron chi connectivity index (χ0n) is 17.4. The first-order valence-electron chi connectivity index (χ1n) is 9.68. The maximum atomic E-state index is 14.0. The highest BCUT2D eigenvalue weighted by Gasteiger charge is 2.19. The Morgan fingerprint density at radius 3 is 2.53 bits per heavy atom. The summed E-state index contributed by atoms with van der Waals surface area (Å²) in [5.74, 6) is -0.125. The molecule has 6 nitrogen and oxygen atoms in total.